The van der Waals surface area contributed by atoms with Crippen LogP contribution in [0, 0.1) is 6.57 Å². The van der Waals surface area contributed by atoms with E-state index in [1.54, 1.807) is 69.2 Å². The minimum Gasteiger partial charge on any atom is -0.378 e. The topological polar surface area (TPSA) is 274 Å². The summed E-state index contributed by atoms with van der Waals surface area (Å²) < 4.78 is 20.0. The summed E-state index contributed by atoms with van der Waals surface area (Å²) in [5.41, 5.74) is 15.6. The number of pyridine rings is 2. The minimum absolute atomic E-state index is 0.0688. The van der Waals surface area contributed by atoms with Gasteiger partial charge in [-0.15, -0.1) is 15.3 Å². The summed E-state index contributed by atoms with van der Waals surface area (Å²) in [4.78, 5) is 30.6. The summed E-state index contributed by atoms with van der Waals surface area (Å²) >= 11 is 0. The quantitative estimate of drug-likeness (QED) is 0.115. The highest BCUT2D eigenvalue weighted by molar-refractivity contribution is 5.81. The predicted octanol–water partition coefficient (Wildman–Crippen LogP) is 6.92. The molecule has 0 amide bonds. The Bertz CT molecular complexity index is 4780. The number of rotatable bonds is 13. The number of nitrogens with zero attached hydrogens (tertiary/aromatic N) is 25. The van der Waals surface area contributed by atoms with E-state index in [4.69, 9.17) is 21.3 Å². The Hall–Kier alpha value is -11.3. The van der Waals surface area contributed by atoms with Crippen LogP contribution in [0.3, 0.4) is 0 Å². The lowest BCUT2D eigenvalue weighted by molar-refractivity contribution is 0.181. The lowest BCUT2D eigenvalue weighted by Crippen LogP contribution is -2.11. The van der Waals surface area contributed by atoms with E-state index >= 15 is 0 Å². The number of aryl methyl sites for hydroxylation is 2. The zero-order valence-electron chi connectivity index (χ0n) is 44.6. The van der Waals surface area contributed by atoms with Crippen LogP contribution in [0.15, 0.2) is 147 Å². The number of aromatic nitrogens is 25. The third kappa shape index (κ3) is 9.87. The van der Waals surface area contributed by atoms with Gasteiger partial charge in [0.1, 0.15) is 0 Å². The summed E-state index contributed by atoms with van der Waals surface area (Å²) in [7, 11) is 3.57. The Balaban J connectivity index is 0.000000116. The first kappa shape index (κ1) is 50.2. The second-order valence-electron chi connectivity index (χ2n) is 19.1. The van der Waals surface area contributed by atoms with Crippen molar-refractivity contribution in [3.8, 4) is 33.8 Å². The molecule has 15 aromatic rings. The van der Waals surface area contributed by atoms with Crippen molar-refractivity contribution in [1.82, 2.24) is 123 Å². The van der Waals surface area contributed by atoms with Crippen molar-refractivity contribution in [2.45, 2.75) is 52.8 Å². The van der Waals surface area contributed by atoms with E-state index in [0.717, 1.165) is 79.1 Å². The third-order valence-electron chi connectivity index (χ3n) is 13.7. The largest absolute Gasteiger partial charge is 0.378 e. The van der Waals surface area contributed by atoms with Crippen molar-refractivity contribution in [3.05, 3.63) is 181 Å². The van der Waals surface area contributed by atoms with E-state index in [1.165, 1.54) is 0 Å². The van der Waals surface area contributed by atoms with Gasteiger partial charge in [0, 0.05) is 96.7 Å². The zero-order chi connectivity index (χ0) is 55.7. The van der Waals surface area contributed by atoms with E-state index in [-0.39, 0.29) is 12.7 Å². The molecule has 0 aliphatic carbocycles. The van der Waals surface area contributed by atoms with Gasteiger partial charge in [0.05, 0.1) is 91.2 Å². The van der Waals surface area contributed by atoms with Gasteiger partial charge in [0.2, 0.25) is 16.9 Å². The molecule has 0 spiro atoms. The third-order valence-corrected chi connectivity index (χ3v) is 13.7. The van der Waals surface area contributed by atoms with Crippen LogP contribution >= 0.6 is 0 Å². The minimum atomic E-state index is -0.0688. The van der Waals surface area contributed by atoms with Gasteiger partial charge in [-0.1, -0.05) is 46.0 Å². The highest BCUT2D eigenvalue weighted by Crippen LogP contribution is 2.26. The number of aromatic amines is 1. The summed E-state index contributed by atoms with van der Waals surface area (Å²) in [5.74, 6) is 0. The molecule has 0 radical (unpaired) electrons. The Kier molecular flexibility index (Phi) is 13.2. The Morgan fingerprint density at radius 3 is 1.99 bits per heavy atom. The molecule has 14 aromatic heterocycles. The average Bonchev–Trinajstić information content (AvgIpc) is 4.55. The molecule has 14 heterocycles. The fraction of sp³-hybridized carbons (Fsp3) is 0.182. The molecule has 0 bridgehead atoms. The van der Waals surface area contributed by atoms with E-state index < -0.39 is 0 Å². The highest BCUT2D eigenvalue weighted by atomic mass is 16.5. The lowest BCUT2D eigenvalue weighted by Gasteiger charge is -2.14. The molecule has 0 aliphatic heterocycles. The van der Waals surface area contributed by atoms with Crippen molar-refractivity contribution < 1.29 is 4.74 Å². The summed E-state index contributed by atoms with van der Waals surface area (Å²) in [5, 5.41) is 46.3. The van der Waals surface area contributed by atoms with E-state index in [2.05, 4.69) is 152 Å². The number of H-pyrrole nitrogens is 1. The molecular formula is C55H48N26O. The van der Waals surface area contributed by atoms with Gasteiger partial charge >= 0.3 is 6.67 Å². The van der Waals surface area contributed by atoms with Crippen molar-refractivity contribution >= 4 is 55.8 Å². The fourth-order valence-electron chi connectivity index (χ4n) is 9.46. The molecule has 1 atom stereocenters. The van der Waals surface area contributed by atoms with Crippen molar-refractivity contribution in [2.24, 2.45) is 7.05 Å². The monoisotopic (exact) mass is 1090 g/mol. The summed E-state index contributed by atoms with van der Waals surface area (Å²) in [6.45, 7) is 13.6. The van der Waals surface area contributed by atoms with E-state index in [9.17, 15) is 0 Å². The molecule has 0 aliphatic rings. The maximum absolute atomic E-state index is 6.93. The smallest absolute Gasteiger partial charge is 0.307 e. The molecule has 404 valence electrons. The van der Waals surface area contributed by atoms with Gasteiger partial charge in [-0.3, -0.25) is 19.3 Å². The normalized spacial score (nSPS) is 11.9. The van der Waals surface area contributed by atoms with Crippen molar-refractivity contribution in [3.63, 3.8) is 0 Å². The van der Waals surface area contributed by atoms with Gasteiger partial charge in [0.15, 0.2) is 16.9 Å². The molecule has 82 heavy (non-hydrogen) atoms. The second-order valence-corrected chi connectivity index (χ2v) is 19.1. The predicted molar refractivity (Wildman–Crippen MR) is 300 cm³/mol. The highest BCUT2D eigenvalue weighted by Gasteiger charge is 2.19. The molecule has 0 saturated heterocycles. The molecule has 1 N–H and O–H groups in total. The number of nitrogens with one attached hydrogen (secondary N) is 1. The number of ether oxygens (including phenoxy) is 1. The molecule has 1 aromatic carbocycles. The van der Waals surface area contributed by atoms with Crippen LogP contribution in [0.1, 0.15) is 42.4 Å². The zero-order valence-corrected chi connectivity index (χ0v) is 44.6. The van der Waals surface area contributed by atoms with Gasteiger partial charge in [-0.25, -0.2) is 55.2 Å². The number of methoxy groups -OCH3 is 1. The van der Waals surface area contributed by atoms with E-state index in [0.29, 0.717) is 59.3 Å². The molecule has 27 nitrogen and oxygen atoms in total. The Morgan fingerprint density at radius 2 is 1.28 bits per heavy atom. The molecule has 15 rings (SSSR count). The standard InChI is InChI=1S/C20H20N8O.C18H13N9.C17H15N9/c1-13(14-4-5-16-6-7-17(12-29-3)27(16)11-14)28-20-19(24-25-28)21-9-18(23-20)15-8-22-26(2)10-15;1-19-12-26-11-14(7-21-26)16-8-20-17-18(22-16)27(24-23-17)10-13-4-5-15-3-2-6-25(15)9-13;1-2-25-9-11(7-19-25)14-8-18-16-17(20-14)26(24-23-16)10-15-12-5-3-4-6-13(12)21-22-15/h4-11,13H,12H2,1-3H3;2-9,11H,10,12H2;3-9H,2,10H2,1H3,(H,21,22)/t13-;;/m0../s1. The van der Waals surface area contributed by atoms with Gasteiger partial charge in [0.25, 0.3) is 0 Å². The van der Waals surface area contributed by atoms with Gasteiger partial charge < -0.3 is 13.5 Å². The summed E-state index contributed by atoms with van der Waals surface area (Å²) in [6, 6.07) is 24.4. The molecular weight excluding hydrogens is 1040 g/mol. The lowest BCUT2D eigenvalue weighted by atomic mass is 10.1. The van der Waals surface area contributed by atoms with E-state index in [1.807, 2.05) is 72.3 Å². The summed E-state index contributed by atoms with van der Waals surface area (Å²) in [6.07, 6.45) is 22.1. The maximum atomic E-state index is 6.93. The first-order valence-electron chi connectivity index (χ1n) is 25.9. The number of benzene rings is 1. The van der Waals surface area contributed by atoms with Gasteiger partial charge in [-0.05, 0) is 67.4 Å². The number of hydrogen-bond acceptors (Lipinski definition) is 17. The molecule has 0 saturated carbocycles. The first-order valence-corrected chi connectivity index (χ1v) is 25.9. The van der Waals surface area contributed by atoms with Gasteiger partial charge in [-0.2, -0.15) is 20.4 Å². The number of para-hydroxylation sites is 1. The molecule has 0 fully saturated rings. The van der Waals surface area contributed by atoms with Crippen LogP contribution in [-0.4, -0.2) is 130 Å². The Labute approximate surface area is 464 Å². The van der Waals surface area contributed by atoms with Crippen molar-refractivity contribution in [1.29, 1.82) is 0 Å². The number of fused-ring (bicyclic) bond motifs is 6. The maximum Gasteiger partial charge on any atom is 0.307 e. The second kappa shape index (κ2) is 21.5. The first-order chi connectivity index (χ1) is 40.2. The number of hydrogen-bond donors (Lipinski definition) is 1. The van der Waals surface area contributed by atoms with Crippen LogP contribution in [0.2, 0.25) is 0 Å². The van der Waals surface area contributed by atoms with Crippen LogP contribution in [0.5, 0.6) is 0 Å². The fourth-order valence-corrected chi connectivity index (χ4v) is 9.46. The van der Waals surface area contributed by atoms with Crippen LogP contribution in [0.25, 0.3) is 94.4 Å². The van der Waals surface area contributed by atoms with Crippen LogP contribution < -0.4 is 0 Å². The Morgan fingerprint density at radius 1 is 0.634 bits per heavy atom. The van der Waals surface area contributed by atoms with Crippen LogP contribution in [0.4, 0.5) is 0 Å². The SMILES string of the molecule is CCn1cc(-c2cnc3nnn(Cc4[nH]nc5ccccc45)c3n2)cn1.COCc1ccc2ccc([C@H](C)n3nnc4ncc(-c5cnn(C)c5)nc43)cn12.[C-]#[N+]Cn1cc(-c2cnc3nnn(Cc4ccc5cccn5c4)c3n2)cn1. The van der Waals surface area contributed by atoms with Crippen LogP contribution in [-0.2, 0) is 44.7 Å². The van der Waals surface area contributed by atoms with Crippen molar-refractivity contribution in [2.75, 3.05) is 7.11 Å². The molecule has 0 unspecified atom stereocenters. The molecule has 27 heteroatoms. The average molecular weight is 1090 g/mol.